The Labute approximate surface area is 135 Å². The average molecular weight is 366 g/mol. The third kappa shape index (κ3) is 6.85. The number of hydrogen-bond acceptors (Lipinski definition) is 7. The number of rotatable bonds is 10. The van der Waals surface area contributed by atoms with Crippen molar-refractivity contribution < 1.29 is 33.4 Å². The monoisotopic (exact) mass is 366 g/mol. The van der Waals surface area contributed by atoms with Crippen molar-refractivity contribution >= 4 is 40.8 Å². The predicted molar refractivity (Wildman–Crippen MR) is 84.9 cm³/mol. The molecule has 0 aliphatic carbocycles. The summed E-state index contributed by atoms with van der Waals surface area (Å²) in [5.41, 5.74) is 0.836. The Morgan fingerprint density at radius 2 is 1.86 bits per heavy atom. The van der Waals surface area contributed by atoms with Crippen LogP contribution in [0.25, 0.3) is 0 Å². The van der Waals surface area contributed by atoms with Crippen molar-refractivity contribution in [2.75, 3.05) is 0 Å². The highest BCUT2D eigenvalue weighted by atomic mass is 33.1. The lowest BCUT2D eigenvalue weighted by molar-refractivity contribution is -0.146. The van der Waals surface area contributed by atoms with Crippen LogP contribution in [-0.4, -0.2) is 32.8 Å². The Morgan fingerprint density at radius 3 is 2.36 bits per heavy atom. The summed E-state index contributed by atoms with van der Waals surface area (Å²) in [6, 6.07) is 8.98. The molecule has 0 radical (unpaired) electrons. The Hall–Kier alpha value is -0.990. The second kappa shape index (κ2) is 9.22. The van der Waals surface area contributed by atoms with Crippen LogP contribution < -0.4 is 0 Å². The summed E-state index contributed by atoms with van der Waals surface area (Å²) < 4.78 is 26.5. The standard InChI is InChI=1S/C12H15O7PS2/c13-11(14)7-6-10(12(15)16)19-20(17,22-18)21-8-9-4-2-1-3-5-9/h1-5,10,18H,6-8H2,(H,13,14)(H,15,16). The molecule has 0 aromatic heterocycles. The van der Waals surface area contributed by atoms with Gasteiger partial charge in [0.05, 0.1) is 11.7 Å². The summed E-state index contributed by atoms with van der Waals surface area (Å²) in [6.45, 7) is 0. The number of carboxylic acids is 2. The maximum Gasteiger partial charge on any atom is 0.340 e. The molecule has 3 N–H and O–H groups in total. The first-order valence-corrected chi connectivity index (χ1v) is 10.7. The molecule has 0 bridgehead atoms. The van der Waals surface area contributed by atoms with Crippen LogP contribution in [0, 0.1) is 0 Å². The third-order valence-corrected chi connectivity index (χ3v) is 7.98. The van der Waals surface area contributed by atoms with E-state index in [1.54, 1.807) is 24.3 Å². The molecule has 22 heavy (non-hydrogen) atoms. The number of carbonyl (C=O) groups is 2. The zero-order valence-corrected chi connectivity index (χ0v) is 13.9. The first-order chi connectivity index (χ1) is 10.4. The van der Waals surface area contributed by atoms with E-state index in [0.29, 0.717) is 0 Å². The van der Waals surface area contributed by atoms with E-state index in [-0.39, 0.29) is 23.8 Å². The molecule has 0 saturated carbocycles. The highest BCUT2D eigenvalue weighted by molar-refractivity contribution is 8.87. The number of benzene rings is 1. The molecular weight excluding hydrogens is 351 g/mol. The molecule has 0 saturated heterocycles. The van der Waals surface area contributed by atoms with Gasteiger partial charge < -0.3 is 14.8 Å². The van der Waals surface area contributed by atoms with Gasteiger partial charge in [0, 0.05) is 12.2 Å². The number of carboxylic acid groups (broad SMARTS) is 2. The molecule has 1 rings (SSSR count). The molecule has 0 fully saturated rings. The third-order valence-electron chi connectivity index (χ3n) is 2.48. The van der Waals surface area contributed by atoms with Gasteiger partial charge in [-0.25, -0.2) is 4.79 Å². The summed E-state index contributed by atoms with van der Waals surface area (Å²) in [6.07, 6.45) is -2.32. The lowest BCUT2D eigenvalue weighted by Gasteiger charge is -2.19. The zero-order chi connectivity index (χ0) is 16.6. The molecule has 2 unspecified atom stereocenters. The van der Waals surface area contributed by atoms with Crippen molar-refractivity contribution in [1.82, 2.24) is 0 Å². The molecule has 0 heterocycles. The minimum Gasteiger partial charge on any atom is -0.481 e. The predicted octanol–water partition coefficient (Wildman–Crippen LogP) is 3.57. The van der Waals surface area contributed by atoms with Gasteiger partial charge in [0.2, 0.25) is 0 Å². The molecule has 0 spiro atoms. The smallest absolute Gasteiger partial charge is 0.340 e. The van der Waals surface area contributed by atoms with E-state index in [0.717, 1.165) is 16.9 Å². The molecule has 1 aromatic rings. The molecule has 122 valence electrons. The normalized spacial score (nSPS) is 15.0. The summed E-state index contributed by atoms with van der Waals surface area (Å²) >= 11 is 0.749. The fraction of sp³-hybridized carbons (Fsp3) is 0.333. The fourth-order valence-electron chi connectivity index (χ4n) is 1.43. The van der Waals surface area contributed by atoms with Gasteiger partial charge in [-0.05, 0) is 12.0 Å². The van der Waals surface area contributed by atoms with Gasteiger partial charge in [0.15, 0.2) is 6.10 Å². The first kappa shape index (κ1) is 19.1. The Kier molecular flexibility index (Phi) is 7.98. The van der Waals surface area contributed by atoms with Crippen molar-refractivity contribution in [3.05, 3.63) is 35.9 Å². The van der Waals surface area contributed by atoms with E-state index in [1.807, 2.05) is 6.07 Å². The van der Waals surface area contributed by atoms with Gasteiger partial charge in [0.1, 0.15) is 0 Å². The van der Waals surface area contributed by atoms with Crippen molar-refractivity contribution in [3.63, 3.8) is 0 Å². The van der Waals surface area contributed by atoms with Crippen LogP contribution in [-0.2, 0) is 24.4 Å². The van der Waals surface area contributed by atoms with E-state index >= 15 is 0 Å². The van der Waals surface area contributed by atoms with Gasteiger partial charge in [0.25, 0.3) is 0 Å². The molecule has 10 heteroatoms. The minimum absolute atomic E-state index is 0.0430. The van der Waals surface area contributed by atoms with Crippen LogP contribution >= 0.6 is 28.8 Å². The summed E-state index contributed by atoms with van der Waals surface area (Å²) in [5, 5.41) is 17.6. The van der Waals surface area contributed by atoms with E-state index in [1.165, 1.54) is 0 Å². The highest BCUT2D eigenvalue weighted by Crippen LogP contribution is 2.70. The zero-order valence-electron chi connectivity index (χ0n) is 11.3. The van der Waals surface area contributed by atoms with Gasteiger partial charge in [-0.2, -0.15) is 0 Å². The molecule has 7 nitrogen and oxygen atoms in total. The topological polar surface area (TPSA) is 121 Å². The van der Waals surface area contributed by atoms with E-state index in [4.69, 9.17) is 19.3 Å². The highest BCUT2D eigenvalue weighted by Gasteiger charge is 2.33. The Balaban J connectivity index is 2.67. The second-order valence-electron chi connectivity index (χ2n) is 4.15. The summed E-state index contributed by atoms with van der Waals surface area (Å²) in [7, 11) is 0. The molecule has 1 aromatic carbocycles. The Bertz CT molecular complexity index is 552. The Morgan fingerprint density at radius 1 is 1.23 bits per heavy atom. The van der Waals surface area contributed by atoms with Crippen LogP contribution in [0.4, 0.5) is 0 Å². The summed E-state index contributed by atoms with van der Waals surface area (Å²) in [5.74, 6) is -6.06. The number of hydrogen-bond donors (Lipinski definition) is 3. The van der Waals surface area contributed by atoms with Gasteiger partial charge in [-0.15, -0.1) is 0 Å². The average Bonchev–Trinajstić information content (AvgIpc) is 2.50. The van der Waals surface area contributed by atoms with E-state index in [2.05, 4.69) is 0 Å². The van der Waals surface area contributed by atoms with Gasteiger partial charge >= 0.3 is 17.7 Å². The van der Waals surface area contributed by atoms with Crippen LogP contribution in [0.1, 0.15) is 18.4 Å². The van der Waals surface area contributed by atoms with Crippen molar-refractivity contribution in [2.45, 2.75) is 24.7 Å². The van der Waals surface area contributed by atoms with Crippen molar-refractivity contribution in [2.24, 2.45) is 0 Å². The quantitative estimate of drug-likeness (QED) is 0.421. The molecular formula is C12H15O7PS2. The number of aliphatic carboxylic acids is 2. The molecule has 0 aliphatic rings. The van der Waals surface area contributed by atoms with Crippen molar-refractivity contribution in [1.29, 1.82) is 0 Å². The SMILES string of the molecule is O=C(O)CCC(OP(=O)(SO)SCc1ccccc1)C(=O)O. The summed E-state index contributed by atoms with van der Waals surface area (Å²) in [4.78, 5) is 21.5. The van der Waals surface area contributed by atoms with E-state index in [9.17, 15) is 14.2 Å². The van der Waals surface area contributed by atoms with Crippen LogP contribution in [0.2, 0.25) is 0 Å². The van der Waals surface area contributed by atoms with Crippen LogP contribution in [0.3, 0.4) is 0 Å². The maximum absolute atomic E-state index is 12.4. The lowest BCUT2D eigenvalue weighted by atomic mass is 10.2. The largest absolute Gasteiger partial charge is 0.481 e. The fourth-order valence-corrected chi connectivity index (χ4v) is 5.47. The van der Waals surface area contributed by atoms with Crippen LogP contribution in [0.5, 0.6) is 0 Å². The van der Waals surface area contributed by atoms with Gasteiger partial charge in [-0.3, -0.25) is 13.9 Å². The second-order valence-corrected chi connectivity index (χ2v) is 10.8. The molecule has 0 amide bonds. The molecule has 2 atom stereocenters. The van der Waals surface area contributed by atoms with Crippen molar-refractivity contribution in [3.8, 4) is 0 Å². The minimum atomic E-state index is -3.72. The lowest BCUT2D eigenvalue weighted by Crippen LogP contribution is -2.23. The first-order valence-electron chi connectivity index (χ1n) is 6.11. The van der Waals surface area contributed by atoms with Crippen LogP contribution in [0.15, 0.2) is 30.3 Å². The maximum atomic E-state index is 12.4. The van der Waals surface area contributed by atoms with Gasteiger partial charge in [-0.1, -0.05) is 41.7 Å². The molecule has 0 aliphatic heterocycles. The van der Waals surface area contributed by atoms with E-state index < -0.39 is 30.2 Å².